The molecule has 1 heterocycles. The van der Waals surface area contributed by atoms with Crippen molar-refractivity contribution in [3.05, 3.63) is 51.7 Å². The predicted molar refractivity (Wildman–Crippen MR) is 115 cm³/mol. The van der Waals surface area contributed by atoms with E-state index in [0.29, 0.717) is 27.8 Å². The first-order valence-electron chi connectivity index (χ1n) is 8.46. The molecule has 5 nitrogen and oxygen atoms in total. The Balaban J connectivity index is 1.81. The molecule has 28 heavy (non-hydrogen) atoms. The SMILES string of the molecule is COCCn1c(SC(C)C(=O)Nc2ccc(Br)cc2F)nc2cc(Cl)ccc21. The van der Waals surface area contributed by atoms with E-state index in [1.54, 1.807) is 32.2 Å². The molecule has 0 saturated heterocycles. The van der Waals surface area contributed by atoms with Gasteiger partial charge in [-0.2, -0.15) is 0 Å². The summed E-state index contributed by atoms with van der Waals surface area (Å²) in [6, 6.07) is 9.98. The zero-order valence-corrected chi connectivity index (χ0v) is 18.4. The van der Waals surface area contributed by atoms with E-state index < -0.39 is 11.1 Å². The summed E-state index contributed by atoms with van der Waals surface area (Å²) in [5, 5.41) is 3.40. The number of benzene rings is 2. The lowest BCUT2D eigenvalue weighted by atomic mass is 10.3. The summed E-state index contributed by atoms with van der Waals surface area (Å²) in [6.45, 7) is 2.85. The van der Waals surface area contributed by atoms with Gasteiger partial charge in [0.15, 0.2) is 5.16 Å². The molecule has 0 aliphatic heterocycles. The van der Waals surface area contributed by atoms with E-state index in [0.717, 1.165) is 11.0 Å². The Morgan fingerprint density at radius 3 is 2.89 bits per heavy atom. The highest BCUT2D eigenvalue weighted by atomic mass is 79.9. The summed E-state index contributed by atoms with van der Waals surface area (Å²) in [5.41, 5.74) is 1.80. The van der Waals surface area contributed by atoms with E-state index in [1.165, 1.54) is 23.9 Å². The highest BCUT2D eigenvalue weighted by Crippen LogP contribution is 2.29. The molecule has 1 unspecified atom stereocenters. The number of hydrogen-bond acceptors (Lipinski definition) is 4. The minimum atomic E-state index is -0.498. The van der Waals surface area contributed by atoms with Gasteiger partial charge in [0.05, 0.1) is 28.6 Å². The average molecular weight is 487 g/mol. The zero-order chi connectivity index (χ0) is 20.3. The van der Waals surface area contributed by atoms with Crippen molar-refractivity contribution in [3.8, 4) is 0 Å². The molecule has 2 aromatic carbocycles. The fraction of sp³-hybridized carbons (Fsp3) is 0.263. The van der Waals surface area contributed by atoms with Crippen molar-refractivity contribution in [2.24, 2.45) is 0 Å². The van der Waals surface area contributed by atoms with Crippen LogP contribution in [0.3, 0.4) is 0 Å². The number of ether oxygens (including phenoxy) is 1. The van der Waals surface area contributed by atoms with E-state index in [1.807, 2.05) is 10.6 Å². The molecule has 0 aliphatic rings. The van der Waals surface area contributed by atoms with Crippen LogP contribution in [0.4, 0.5) is 10.1 Å². The van der Waals surface area contributed by atoms with Crippen LogP contribution in [0, 0.1) is 5.82 Å². The Morgan fingerprint density at radius 1 is 1.39 bits per heavy atom. The molecule has 3 rings (SSSR count). The molecule has 1 atom stereocenters. The van der Waals surface area contributed by atoms with Crippen molar-refractivity contribution in [2.45, 2.75) is 23.9 Å². The number of amides is 1. The summed E-state index contributed by atoms with van der Waals surface area (Å²) >= 11 is 10.6. The molecule has 0 radical (unpaired) electrons. The standard InChI is InChI=1S/C19H18BrClFN3O2S/c1-11(18(26)23-15-5-3-12(20)9-14(15)22)28-19-24-16-10-13(21)4-6-17(16)25(19)7-8-27-2/h3-6,9-11H,7-8H2,1-2H3,(H,23,26). The molecule has 1 amide bonds. The van der Waals surface area contributed by atoms with E-state index in [2.05, 4.69) is 26.2 Å². The number of methoxy groups -OCH3 is 1. The second-order valence-corrected chi connectivity index (χ2v) is 8.71. The van der Waals surface area contributed by atoms with Gasteiger partial charge in [-0.1, -0.05) is 39.3 Å². The molecule has 0 bridgehead atoms. The number of rotatable bonds is 7. The van der Waals surface area contributed by atoms with E-state index in [4.69, 9.17) is 16.3 Å². The summed E-state index contributed by atoms with van der Waals surface area (Å²) < 4.78 is 21.8. The van der Waals surface area contributed by atoms with Crippen molar-refractivity contribution in [3.63, 3.8) is 0 Å². The number of imidazole rings is 1. The maximum atomic E-state index is 14.0. The average Bonchev–Trinajstić information content (AvgIpc) is 2.98. The molecule has 3 aromatic rings. The van der Waals surface area contributed by atoms with Gasteiger partial charge in [-0.05, 0) is 43.3 Å². The van der Waals surface area contributed by atoms with E-state index in [-0.39, 0.29) is 11.6 Å². The van der Waals surface area contributed by atoms with E-state index in [9.17, 15) is 9.18 Å². The number of aromatic nitrogens is 2. The number of halogens is 3. The predicted octanol–water partition coefficient (Wildman–Crippen LogP) is 5.36. The molecular formula is C19H18BrClFN3O2S. The fourth-order valence-electron chi connectivity index (χ4n) is 2.61. The van der Waals surface area contributed by atoms with Gasteiger partial charge >= 0.3 is 0 Å². The quantitative estimate of drug-likeness (QED) is 0.457. The fourth-order valence-corrected chi connectivity index (χ4v) is 4.06. The monoisotopic (exact) mass is 485 g/mol. The zero-order valence-electron chi connectivity index (χ0n) is 15.2. The van der Waals surface area contributed by atoms with Crippen LogP contribution in [0.25, 0.3) is 11.0 Å². The van der Waals surface area contributed by atoms with Gasteiger partial charge in [-0.15, -0.1) is 0 Å². The Morgan fingerprint density at radius 2 is 2.18 bits per heavy atom. The van der Waals surface area contributed by atoms with Crippen molar-refractivity contribution in [1.82, 2.24) is 9.55 Å². The van der Waals surface area contributed by atoms with Gasteiger partial charge in [0, 0.05) is 23.1 Å². The van der Waals surface area contributed by atoms with Crippen molar-refractivity contribution in [1.29, 1.82) is 0 Å². The van der Waals surface area contributed by atoms with Crippen LogP contribution in [0.2, 0.25) is 5.02 Å². The minimum Gasteiger partial charge on any atom is -0.383 e. The second kappa shape index (κ2) is 9.26. The third-order valence-electron chi connectivity index (χ3n) is 4.03. The minimum absolute atomic E-state index is 0.139. The van der Waals surface area contributed by atoms with Gasteiger partial charge in [-0.25, -0.2) is 9.37 Å². The Labute approximate surface area is 179 Å². The lowest BCUT2D eigenvalue weighted by Crippen LogP contribution is -2.23. The highest BCUT2D eigenvalue weighted by Gasteiger charge is 2.20. The lowest BCUT2D eigenvalue weighted by Gasteiger charge is -2.14. The van der Waals surface area contributed by atoms with Gasteiger partial charge in [-0.3, -0.25) is 4.79 Å². The van der Waals surface area contributed by atoms with Gasteiger partial charge in [0.2, 0.25) is 5.91 Å². The third kappa shape index (κ3) is 4.86. The van der Waals surface area contributed by atoms with Crippen molar-refractivity contribution >= 4 is 61.9 Å². The molecule has 0 spiro atoms. The first kappa shape index (κ1) is 21.1. The third-order valence-corrected chi connectivity index (χ3v) is 5.85. The normalized spacial score (nSPS) is 12.3. The number of fused-ring (bicyclic) bond motifs is 1. The molecule has 1 N–H and O–H groups in total. The van der Waals surface area contributed by atoms with Crippen molar-refractivity contribution < 1.29 is 13.9 Å². The van der Waals surface area contributed by atoms with Gasteiger partial charge in [0.1, 0.15) is 5.82 Å². The van der Waals surface area contributed by atoms with Crippen molar-refractivity contribution in [2.75, 3.05) is 19.0 Å². The van der Waals surface area contributed by atoms with E-state index >= 15 is 0 Å². The second-order valence-electron chi connectivity index (χ2n) is 6.05. The summed E-state index contributed by atoms with van der Waals surface area (Å²) in [7, 11) is 1.63. The Bertz CT molecular complexity index is 1010. The maximum Gasteiger partial charge on any atom is 0.237 e. The largest absolute Gasteiger partial charge is 0.383 e. The van der Waals surface area contributed by atoms with Crippen LogP contribution >= 0.6 is 39.3 Å². The molecule has 1 aromatic heterocycles. The number of anilines is 1. The topological polar surface area (TPSA) is 56.1 Å². The van der Waals surface area contributed by atoms with Crippen LogP contribution in [0.5, 0.6) is 0 Å². The molecule has 148 valence electrons. The van der Waals surface area contributed by atoms with Crippen LogP contribution in [0.1, 0.15) is 6.92 Å². The molecular weight excluding hydrogens is 469 g/mol. The maximum absolute atomic E-state index is 14.0. The van der Waals surface area contributed by atoms with Crippen LogP contribution in [-0.2, 0) is 16.1 Å². The smallest absolute Gasteiger partial charge is 0.237 e. The number of hydrogen-bond donors (Lipinski definition) is 1. The Hall–Kier alpha value is -1.61. The number of carbonyl (C=O) groups is 1. The first-order chi connectivity index (χ1) is 13.4. The molecule has 0 saturated carbocycles. The number of nitrogens with one attached hydrogen (secondary N) is 1. The highest BCUT2D eigenvalue weighted by molar-refractivity contribution is 9.10. The van der Waals surface area contributed by atoms with Gasteiger partial charge in [0.25, 0.3) is 0 Å². The number of nitrogens with zero attached hydrogens (tertiary/aromatic N) is 2. The first-order valence-corrected chi connectivity index (χ1v) is 10.5. The summed E-state index contributed by atoms with van der Waals surface area (Å²) in [5.74, 6) is -0.809. The lowest BCUT2D eigenvalue weighted by molar-refractivity contribution is -0.115. The number of carbonyl (C=O) groups excluding carboxylic acids is 1. The molecule has 0 fully saturated rings. The summed E-state index contributed by atoms with van der Waals surface area (Å²) in [6.07, 6.45) is 0. The van der Waals surface area contributed by atoms with Crippen LogP contribution < -0.4 is 5.32 Å². The van der Waals surface area contributed by atoms with Crippen LogP contribution in [0.15, 0.2) is 46.0 Å². The molecule has 0 aliphatic carbocycles. The Kier molecular flexibility index (Phi) is 6.98. The summed E-state index contributed by atoms with van der Waals surface area (Å²) in [4.78, 5) is 17.2. The van der Waals surface area contributed by atoms with Crippen LogP contribution in [-0.4, -0.2) is 34.4 Å². The number of thioether (sulfide) groups is 1. The molecule has 9 heteroatoms. The van der Waals surface area contributed by atoms with Gasteiger partial charge < -0.3 is 14.6 Å².